The Hall–Kier alpha value is -2.37. The second kappa shape index (κ2) is 6.17. The molecule has 3 atom stereocenters. The number of nitrogens with one attached hydrogen (secondary N) is 2. The van der Waals surface area contributed by atoms with Crippen LogP contribution in [0.3, 0.4) is 0 Å². The van der Waals surface area contributed by atoms with Crippen molar-refractivity contribution in [2.24, 2.45) is 5.92 Å². The van der Waals surface area contributed by atoms with E-state index in [1.54, 1.807) is 11.9 Å². The molecule has 2 fully saturated rings. The summed E-state index contributed by atoms with van der Waals surface area (Å²) in [6, 6.07) is 9.34. The Kier molecular flexibility index (Phi) is 4.31. The van der Waals surface area contributed by atoms with Crippen LogP contribution in [0.2, 0.25) is 0 Å². The minimum absolute atomic E-state index is 0.0728. The third-order valence-corrected chi connectivity index (χ3v) is 5.89. The molecule has 0 unspecified atom stereocenters. The Morgan fingerprint density at radius 2 is 1.96 bits per heavy atom. The third-order valence-electron chi connectivity index (χ3n) is 5.89. The van der Waals surface area contributed by atoms with Crippen molar-refractivity contribution >= 4 is 17.7 Å². The molecular formula is C19H25N3O3. The maximum absolute atomic E-state index is 13.2. The SMILES string of the molecule is CNC(=O)[C@@]1(c2ccccc2)C[C@H]2CCCN(C(C)=O)[C@@]2(C)C(=O)N1. The highest BCUT2D eigenvalue weighted by molar-refractivity contribution is 5.99. The number of carbonyl (C=O) groups excluding carboxylic acids is 3. The van der Waals surface area contributed by atoms with Gasteiger partial charge in [-0.3, -0.25) is 14.4 Å². The zero-order valence-corrected chi connectivity index (χ0v) is 15.0. The van der Waals surface area contributed by atoms with Crippen LogP contribution in [-0.2, 0) is 19.9 Å². The lowest BCUT2D eigenvalue weighted by Gasteiger charge is -2.55. The van der Waals surface area contributed by atoms with Crippen LogP contribution in [-0.4, -0.2) is 41.8 Å². The first kappa shape index (κ1) is 17.5. The summed E-state index contributed by atoms with van der Waals surface area (Å²) in [6.45, 7) is 3.90. The van der Waals surface area contributed by atoms with Crippen LogP contribution in [0.5, 0.6) is 0 Å². The van der Waals surface area contributed by atoms with E-state index in [1.807, 2.05) is 37.3 Å². The summed E-state index contributed by atoms with van der Waals surface area (Å²) in [6.07, 6.45) is 2.13. The summed E-state index contributed by atoms with van der Waals surface area (Å²) in [5.41, 5.74) is -1.24. The van der Waals surface area contributed by atoms with E-state index in [4.69, 9.17) is 0 Å². The highest BCUT2D eigenvalue weighted by Gasteiger charge is 2.59. The number of hydrogen-bond acceptors (Lipinski definition) is 3. The highest BCUT2D eigenvalue weighted by Crippen LogP contribution is 2.45. The zero-order valence-electron chi connectivity index (χ0n) is 15.0. The van der Waals surface area contributed by atoms with Gasteiger partial charge in [0.1, 0.15) is 11.1 Å². The smallest absolute Gasteiger partial charge is 0.250 e. The van der Waals surface area contributed by atoms with Gasteiger partial charge in [0.15, 0.2) is 0 Å². The molecule has 25 heavy (non-hydrogen) atoms. The number of piperidine rings is 2. The fourth-order valence-electron chi connectivity index (χ4n) is 4.47. The van der Waals surface area contributed by atoms with E-state index in [1.165, 1.54) is 6.92 Å². The van der Waals surface area contributed by atoms with Gasteiger partial charge in [0, 0.05) is 20.5 Å². The molecule has 2 N–H and O–H groups in total. The molecule has 3 amide bonds. The first-order valence-corrected chi connectivity index (χ1v) is 8.75. The Labute approximate surface area is 148 Å². The van der Waals surface area contributed by atoms with Crippen LogP contribution < -0.4 is 10.6 Å². The lowest BCUT2D eigenvalue weighted by Crippen LogP contribution is -2.74. The lowest BCUT2D eigenvalue weighted by atomic mass is 9.65. The first-order valence-electron chi connectivity index (χ1n) is 8.75. The van der Waals surface area contributed by atoms with E-state index in [2.05, 4.69) is 10.6 Å². The van der Waals surface area contributed by atoms with Crippen LogP contribution in [0.1, 0.15) is 38.7 Å². The van der Waals surface area contributed by atoms with Crippen LogP contribution in [0.4, 0.5) is 0 Å². The van der Waals surface area contributed by atoms with Crippen molar-refractivity contribution in [2.45, 2.75) is 44.2 Å². The van der Waals surface area contributed by atoms with E-state index < -0.39 is 11.1 Å². The number of amides is 3. The van der Waals surface area contributed by atoms with Crippen molar-refractivity contribution < 1.29 is 14.4 Å². The van der Waals surface area contributed by atoms with Gasteiger partial charge in [0.2, 0.25) is 17.7 Å². The van der Waals surface area contributed by atoms with Crippen LogP contribution in [0, 0.1) is 5.92 Å². The summed E-state index contributed by atoms with van der Waals surface area (Å²) in [5.74, 6) is -0.661. The second-order valence-electron chi connectivity index (χ2n) is 7.17. The maximum atomic E-state index is 13.2. The van der Waals surface area contributed by atoms with Gasteiger partial charge in [-0.2, -0.15) is 0 Å². The van der Waals surface area contributed by atoms with Gasteiger partial charge in [-0.1, -0.05) is 30.3 Å². The van der Waals surface area contributed by atoms with Crippen LogP contribution >= 0.6 is 0 Å². The van der Waals surface area contributed by atoms with E-state index in [0.717, 1.165) is 18.4 Å². The van der Waals surface area contributed by atoms with Gasteiger partial charge in [-0.15, -0.1) is 0 Å². The standard InChI is InChI=1S/C19H25N3O3/c1-13(23)22-11-7-10-15-12-19(17(25)20-3,14-8-5-4-6-9-14)21-16(24)18(15,22)2/h4-6,8-9,15H,7,10-12H2,1-3H3,(H,20,25)(H,21,24)/t15-,18-,19+/m1/s1. The van der Waals surface area contributed by atoms with E-state index >= 15 is 0 Å². The van der Waals surface area contributed by atoms with E-state index in [9.17, 15) is 14.4 Å². The van der Waals surface area contributed by atoms with E-state index in [-0.39, 0.29) is 23.6 Å². The van der Waals surface area contributed by atoms with Gasteiger partial charge >= 0.3 is 0 Å². The summed E-state index contributed by atoms with van der Waals surface area (Å²) in [5, 5.41) is 5.68. The molecule has 2 aliphatic heterocycles. The molecule has 2 heterocycles. The topological polar surface area (TPSA) is 78.5 Å². The molecule has 1 aromatic carbocycles. The summed E-state index contributed by atoms with van der Waals surface area (Å²) in [4.78, 5) is 39.8. The van der Waals surface area contributed by atoms with Crippen molar-refractivity contribution in [2.75, 3.05) is 13.6 Å². The summed E-state index contributed by atoms with van der Waals surface area (Å²) >= 11 is 0. The number of likely N-dealkylation sites (N-methyl/N-ethyl adjacent to an activating group) is 1. The molecule has 0 aromatic heterocycles. The molecule has 0 radical (unpaired) electrons. The molecule has 0 bridgehead atoms. The number of rotatable bonds is 2. The maximum Gasteiger partial charge on any atom is 0.250 e. The van der Waals surface area contributed by atoms with Gasteiger partial charge in [-0.25, -0.2) is 0 Å². The number of nitrogens with zero attached hydrogens (tertiary/aromatic N) is 1. The van der Waals surface area contributed by atoms with Crippen molar-refractivity contribution in [1.29, 1.82) is 0 Å². The van der Waals surface area contributed by atoms with Crippen LogP contribution in [0.15, 0.2) is 30.3 Å². The summed E-state index contributed by atoms with van der Waals surface area (Å²) in [7, 11) is 1.58. The number of carbonyl (C=O) groups is 3. The van der Waals surface area contributed by atoms with E-state index in [0.29, 0.717) is 13.0 Å². The predicted octanol–water partition coefficient (Wildman–Crippen LogP) is 1.16. The number of benzene rings is 1. The third kappa shape index (κ3) is 2.51. The minimum Gasteiger partial charge on any atom is -0.357 e. The predicted molar refractivity (Wildman–Crippen MR) is 93.5 cm³/mol. The van der Waals surface area contributed by atoms with Crippen molar-refractivity contribution in [3.63, 3.8) is 0 Å². The average molecular weight is 343 g/mol. The number of fused-ring (bicyclic) bond motifs is 1. The lowest BCUT2D eigenvalue weighted by molar-refractivity contribution is -0.162. The molecule has 2 aliphatic rings. The van der Waals surface area contributed by atoms with Crippen molar-refractivity contribution in [1.82, 2.24) is 15.5 Å². The Morgan fingerprint density at radius 3 is 2.56 bits per heavy atom. The van der Waals surface area contributed by atoms with Crippen molar-refractivity contribution in [3.05, 3.63) is 35.9 Å². The molecule has 0 saturated carbocycles. The summed E-state index contributed by atoms with van der Waals surface area (Å²) < 4.78 is 0. The fraction of sp³-hybridized carbons (Fsp3) is 0.526. The number of likely N-dealkylation sites (tertiary alicyclic amines) is 1. The highest BCUT2D eigenvalue weighted by atomic mass is 16.2. The molecular weight excluding hydrogens is 318 g/mol. The zero-order chi connectivity index (χ0) is 18.2. The monoisotopic (exact) mass is 343 g/mol. The molecule has 1 aromatic rings. The largest absolute Gasteiger partial charge is 0.357 e. The van der Waals surface area contributed by atoms with Gasteiger partial charge in [0.05, 0.1) is 0 Å². The second-order valence-corrected chi connectivity index (χ2v) is 7.17. The molecule has 0 spiro atoms. The van der Waals surface area contributed by atoms with Crippen LogP contribution in [0.25, 0.3) is 0 Å². The Morgan fingerprint density at radius 1 is 1.28 bits per heavy atom. The Bertz CT molecular complexity index is 705. The van der Waals surface area contributed by atoms with Gasteiger partial charge in [0.25, 0.3) is 0 Å². The quantitative estimate of drug-likeness (QED) is 0.846. The molecule has 3 rings (SSSR count). The normalized spacial score (nSPS) is 31.7. The molecule has 0 aliphatic carbocycles. The Balaban J connectivity index is 2.08. The van der Waals surface area contributed by atoms with Gasteiger partial charge < -0.3 is 15.5 Å². The fourth-order valence-corrected chi connectivity index (χ4v) is 4.47. The number of hydrogen-bond donors (Lipinski definition) is 2. The molecule has 6 heteroatoms. The van der Waals surface area contributed by atoms with Gasteiger partial charge in [-0.05, 0) is 37.7 Å². The van der Waals surface area contributed by atoms with Crippen molar-refractivity contribution in [3.8, 4) is 0 Å². The minimum atomic E-state index is -1.10. The average Bonchev–Trinajstić information content (AvgIpc) is 2.61. The first-order chi connectivity index (χ1) is 11.9. The molecule has 2 saturated heterocycles. The molecule has 134 valence electrons. The molecule has 6 nitrogen and oxygen atoms in total.